The number of aryl methyl sites for hydroxylation is 1. The van der Waals surface area contributed by atoms with Crippen molar-refractivity contribution in [1.82, 2.24) is 15.3 Å². The summed E-state index contributed by atoms with van der Waals surface area (Å²) in [5, 5.41) is 9.05. The van der Waals surface area contributed by atoms with Gasteiger partial charge in [-0.3, -0.25) is 4.98 Å². The van der Waals surface area contributed by atoms with Crippen molar-refractivity contribution in [3.8, 4) is 0 Å². The molecule has 32 heavy (non-hydrogen) atoms. The number of ether oxygens (including phenoxy) is 1. The van der Waals surface area contributed by atoms with Gasteiger partial charge in [0.2, 0.25) is 0 Å². The molecule has 0 spiro atoms. The molecule has 0 atom stereocenters. The van der Waals surface area contributed by atoms with E-state index in [1.165, 1.54) is 5.56 Å². The van der Waals surface area contributed by atoms with E-state index in [0.717, 1.165) is 64.4 Å². The number of nitrogens with one attached hydrogen (secondary N) is 3. The fourth-order valence-corrected chi connectivity index (χ4v) is 4.61. The van der Waals surface area contributed by atoms with E-state index < -0.39 is 6.09 Å². The molecular formula is C25H25ClN4O2. The number of carbonyl (C=O) groups excluding carboxylic acids is 1. The molecule has 1 aliphatic carbocycles. The van der Waals surface area contributed by atoms with Crippen molar-refractivity contribution in [1.29, 1.82) is 0 Å². The molecule has 1 amide bonds. The maximum atomic E-state index is 12.2. The van der Waals surface area contributed by atoms with Crippen molar-refractivity contribution in [3.05, 3.63) is 70.5 Å². The smallest absolute Gasteiger partial charge is 0.408 e. The van der Waals surface area contributed by atoms with Gasteiger partial charge in [0.1, 0.15) is 0 Å². The van der Waals surface area contributed by atoms with Crippen LogP contribution in [0.4, 0.5) is 10.5 Å². The monoisotopic (exact) mass is 448 g/mol. The van der Waals surface area contributed by atoms with Crippen molar-refractivity contribution in [2.45, 2.75) is 32.1 Å². The number of benzene rings is 2. The average Bonchev–Trinajstić information content (AvgIpc) is 3.21. The van der Waals surface area contributed by atoms with Crippen LogP contribution in [0.1, 0.15) is 29.7 Å². The third kappa shape index (κ3) is 4.23. The molecule has 2 aromatic carbocycles. The lowest BCUT2D eigenvalue weighted by Gasteiger charge is -2.22. The van der Waals surface area contributed by atoms with Gasteiger partial charge in [0.05, 0.1) is 18.8 Å². The number of aromatic amines is 1. The van der Waals surface area contributed by atoms with E-state index in [-0.39, 0.29) is 6.67 Å². The summed E-state index contributed by atoms with van der Waals surface area (Å²) in [5.74, 6) is 0. The lowest BCUT2D eigenvalue weighted by atomic mass is 9.93. The molecule has 0 saturated heterocycles. The summed E-state index contributed by atoms with van der Waals surface area (Å²) in [6.07, 6.45) is 6.44. The Kier molecular flexibility index (Phi) is 5.86. The molecule has 164 valence electrons. The minimum absolute atomic E-state index is 0.278. The van der Waals surface area contributed by atoms with Gasteiger partial charge >= 0.3 is 6.09 Å². The predicted octanol–water partition coefficient (Wildman–Crippen LogP) is 5.59. The first-order chi connectivity index (χ1) is 15.7. The van der Waals surface area contributed by atoms with Crippen LogP contribution in [-0.2, 0) is 24.0 Å². The fraction of sp³-hybridized carbons (Fsp3) is 0.280. The SMILES string of the molecule is O=C(NCNc1c2c(nc3cc(Cl)ccc13)CCCC2)OCCc1c[nH]c2ccccc12. The van der Waals surface area contributed by atoms with E-state index in [1.807, 2.05) is 42.6 Å². The summed E-state index contributed by atoms with van der Waals surface area (Å²) >= 11 is 6.18. The highest BCUT2D eigenvalue weighted by atomic mass is 35.5. The zero-order chi connectivity index (χ0) is 21.9. The molecule has 0 radical (unpaired) electrons. The van der Waals surface area contributed by atoms with E-state index >= 15 is 0 Å². The normalized spacial score (nSPS) is 13.2. The second kappa shape index (κ2) is 9.09. The molecule has 4 aromatic rings. The van der Waals surface area contributed by atoms with E-state index in [4.69, 9.17) is 21.3 Å². The van der Waals surface area contributed by atoms with E-state index in [9.17, 15) is 4.79 Å². The fourth-order valence-electron chi connectivity index (χ4n) is 4.45. The van der Waals surface area contributed by atoms with E-state index in [0.29, 0.717) is 18.1 Å². The number of pyridine rings is 1. The Bertz CT molecular complexity index is 1280. The number of aromatic nitrogens is 2. The summed E-state index contributed by atoms with van der Waals surface area (Å²) < 4.78 is 5.38. The van der Waals surface area contributed by atoms with Crippen LogP contribution < -0.4 is 10.6 Å². The Morgan fingerprint density at radius 3 is 2.94 bits per heavy atom. The van der Waals surface area contributed by atoms with Gasteiger partial charge in [-0.05, 0) is 61.1 Å². The van der Waals surface area contributed by atoms with Gasteiger partial charge in [-0.2, -0.15) is 0 Å². The van der Waals surface area contributed by atoms with Gasteiger partial charge < -0.3 is 20.4 Å². The number of carbonyl (C=O) groups is 1. The number of para-hydroxylation sites is 1. The molecule has 0 aliphatic heterocycles. The molecule has 0 bridgehead atoms. The Morgan fingerprint density at radius 2 is 2.00 bits per heavy atom. The maximum absolute atomic E-state index is 12.2. The van der Waals surface area contributed by atoms with Crippen LogP contribution in [0.15, 0.2) is 48.7 Å². The highest BCUT2D eigenvalue weighted by Gasteiger charge is 2.18. The third-order valence-corrected chi connectivity index (χ3v) is 6.24. The molecule has 7 heteroatoms. The summed E-state index contributed by atoms with van der Waals surface area (Å²) in [7, 11) is 0. The van der Waals surface area contributed by atoms with Gasteiger partial charge in [0.25, 0.3) is 0 Å². The molecular weight excluding hydrogens is 424 g/mol. The average molecular weight is 449 g/mol. The first kappa shape index (κ1) is 20.6. The van der Waals surface area contributed by atoms with Crippen LogP contribution in [-0.4, -0.2) is 29.3 Å². The minimum Gasteiger partial charge on any atom is -0.449 e. The highest BCUT2D eigenvalue weighted by Crippen LogP contribution is 2.34. The molecule has 0 saturated carbocycles. The van der Waals surface area contributed by atoms with Crippen LogP contribution in [0.2, 0.25) is 5.02 Å². The first-order valence-corrected chi connectivity index (χ1v) is 11.4. The lowest BCUT2D eigenvalue weighted by Crippen LogP contribution is -2.30. The zero-order valence-electron chi connectivity index (χ0n) is 17.7. The maximum Gasteiger partial charge on any atom is 0.408 e. The number of H-pyrrole nitrogens is 1. The number of nitrogens with zero attached hydrogens (tertiary/aromatic N) is 1. The van der Waals surface area contributed by atoms with Gasteiger partial charge in [-0.1, -0.05) is 29.8 Å². The van der Waals surface area contributed by atoms with Crippen LogP contribution in [0.5, 0.6) is 0 Å². The van der Waals surface area contributed by atoms with Crippen molar-refractivity contribution in [2.24, 2.45) is 0 Å². The Morgan fingerprint density at radius 1 is 1.12 bits per heavy atom. The van der Waals surface area contributed by atoms with Crippen LogP contribution in [0, 0.1) is 0 Å². The number of hydrogen-bond donors (Lipinski definition) is 3. The Hall–Kier alpha value is -3.25. The van der Waals surface area contributed by atoms with Crippen molar-refractivity contribution >= 4 is 45.2 Å². The summed E-state index contributed by atoms with van der Waals surface area (Å²) in [4.78, 5) is 20.3. The molecule has 2 heterocycles. The number of alkyl carbamates (subject to hydrolysis) is 1. The van der Waals surface area contributed by atoms with Gasteiger partial charge in [-0.25, -0.2) is 4.79 Å². The predicted molar refractivity (Wildman–Crippen MR) is 128 cm³/mol. The molecule has 0 fully saturated rings. The molecule has 5 rings (SSSR count). The van der Waals surface area contributed by atoms with Crippen molar-refractivity contribution in [3.63, 3.8) is 0 Å². The van der Waals surface area contributed by atoms with E-state index in [1.54, 1.807) is 0 Å². The number of halogens is 1. The molecule has 6 nitrogen and oxygen atoms in total. The van der Waals surface area contributed by atoms with Crippen LogP contribution >= 0.6 is 11.6 Å². The Labute approximate surface area is 191 Å². The molecule has 2 aromatic heterocycles. The summed E-state index contributed by atoms with van der Waals surface area (Å²) in [6, 6.07) is 13.9. The lowest BCUT2D eigenvalue weighted by molar-refractivity contribution is 0.148. The second-order valence-electron chi connectivity index (χ2n) is 8.06. The topological polar surface area (TPSA) is 79.0 Å². The van der Waals surface area contributed by atoms with Gasteiger partial charge in [0, 0.05) is 45.3 Å². The number of anilines is 1. The Balaban J connectivity index is 1.20. The standard InChI is InChI=1S/C25H25ClN4O2/c26-17-9-10-20-23(13-17)30-22-8-4-2-6-19(22)24(20)28-15-29-25(31)32-12-11-16-14-27-21-7-3-1-5-18(16)21/h1,3,5,7,9-10,13-14,27H,2,4,6,8,11-12,15H2,(H,28,30)(H,29,31). The molecule has 0 unspecified atom stereocenters. The summed E-state index contributed by atoms with van der Waals surface area (Å²) in [6.45, 7) is 0.597. The number of rotatable bonds is 6. The zero-order valence-corrected chi connectivity index (χ0v) is 18.5. The quantitative estimate of drug-likeness (QED) is 0.336. The number of hydrogen-bond acceptors (Lipinski definition) is 4. The van der Waals surface area contributed by atoms with Crippen LogP contribution in [0.3, 0.4) is 0 Å². The minimum atomic E-state index is -0.437. The largest absolute Gasteiger partial charge is 0.449 e. The van der Waals surface area contributed by atoms with E-state index in [2.05, 4.69) is 21.7 Å². The molecule has 3 N–H and O–H groups in total. The van der Waals surface area contributed by atoms with Gasteiger partial charge in [0.15, 0.2) is 0 Å². The highest BCUT2D eigenvalue weighted by molar-refractivity contribution is 6.31. The van der Waals surface area contributed by atoms with Gasteiger partial charge in [-0.15, -0.1) is 0 Å². The second-order valence-corrected chi connectivity index (χ2v) is 8.49. The van der Waals surface area contributed by atoms with Crippen molar-refractivity contribution < 1.29 is 9.53 Å². The van der Waals surface area contributed by atoms with Crippen LogP contribution in [0.25, 0.3) is 21.8 Å². The van der Waals surface area contributed by atoms with Crippen molar-refractivity contribution in [2.75, 3.05) is 18.6 Å². The number of amides is 1. The summed E-state index contributed by atoms with van der Waals surface area (Å²) in [5.41, 5.74) is 6.49. The molecule has 1 aliphatic rings. The number of fused-ring (bicyclic) bond motifs is 3. The third-order valence-electron chi connectivity index (χ3n) is 6.00. The first-order valence-electron chi connectivity index (χ1n) is 11.0.